The minimum absolute atomic E-state index is 0.0500. The minimum Gasteiger partial charge on any atom is -0.462 e. The van der Waals surface area contributed by atoms with Gasteiger partial charge in [-0.3, -0.25) is 18.6 Å². The van der Waals surface area contributed by atoms with Gasteiger partial charge in [0.2, 0.25) is 0 Å². The number of phosphoric ester groups is 1. The van der Waals surface area contributed by atoms with Crippen LogP contribution in [0.1, 0.15) is 239 Å². The van der Waals surface area contributed by atoms with Crippen LogP contribution in [0.5, 0.6) is 0 Å². The number of nitrogens with two attached hydrogens (primary N) is 1. The Hall–Kier alpha value is -2.55. The zero-order valence-corrected chi connectivity index (χ0v) is 43.3. The molecule has 0 fully saturated rings. The number of carbonyl (C=O) groups is 2. The van der Waals surface area contributed by atoms with Gasteiger partial charge in [-0.15, -0.1) is 0 Å². The quantitative estimate of drug-likeness (QED) is 0.0264. The van der Waals surface area contributed by atoms with Gasteiger partial charge >= 0.3 is 19.8 Å². The first-order valence-electron chi connectivity index (χ1n) is 26.9. The van der Waals surface area contributed by atoms with Gasteiger partial charge in [0.1, 0.15) is 6.61 Å². The average molecular weight is 946 g/mol. The van der Waals surface area contributed by atoms with Crippen molar-refractivity contribution in [1.29, 1.82) is 0 Å². The van der Waals surface area contributed by atoms with Gasteiger partial charge < -0.3 is 20.1 Å². The normalized spacial score (nSPS) is 13.7. The third-order valence-electron chi connectivity index (χ3n) is 11.3. The molecule has 0 heterocycles. The number of unbranched alkanes of at least 4 members (excludes halogenated alkanes) is 25. The van der Waals surface area contributed by atoms with Crippen molar-refractivity contribution in [1.82, 2.24) is 0 Å². The first kappa shape index (κ1) is 63.5. The monoisotopic (exact) mass is 946 g/mol. The fourth-order valence-corrected chi connectivity index (χ4v) is 8.13. The van der Waals surface area contributed by atoms with E-state index in [1.54, 1.807) is 0 Å². The van der Waals surface area contributed by atoms with Crippen LogP contribution in [-0.2, 0) is 32.7 Å². The van der Waals surface area contributed by atoms with Crippen LogP contribution < -0.4 is 5.73 Å². The molecule has 2 atom stereocenters. The van der Waals surface area contributed by atoms with E-state index in [1.165, 1.54) is 116 Å². The second kappa shape index (κ2) is 51.8. The lowest BCUT2D eigenvalue weighted by Crippen LogP contribution is -2.29. The molecule has 0 spiro atoms. The van der Waals surface area contributed by atoms with Crippen molar-refractivity contribution in [2.24, 2.45) is 5.73 Å². The van der Waals surface area contributed by atoms with Gasteiger partial charge in [0, 0.05) is 19.4 Å². The largest absolute Gasteiger partial charge is 0.472 e. The molecule has 0 saturated heterocycles. The number of ether oxygens (including phenoxy) is 2. The summed E-state index contributed by atoms with van der Waals surface area (Å²) >= 11 is 0. The van der Waals surface area contributed by atoms with E-state index in [0.717, 1.165) is 89.9 Å². The van der Waals surface area contributed by atoms with Crippen LogP contribution in [0.15, 0.2) is 72.9 Å². The lowest BCUT2D eigenvalue weighted by atomic mass is 10.0. The first-order chi connectivity index (χ1) is 32.3. The van der Waals surface area contributed by atoms with E-state index in [4.69, 9.17) is 24.3 Å². The molecule has 0 amide bonds. The van der Waals surface area contributed by atoms with Gasteiger partial charge in [-0.25, -0.2) is 4.57 Å². The number of carbonyl (C=O) groups excluding carboxylic acids is 2. The summed E-state index contributed by atoms with van der Waals surface area (Å²) in [5.41, 5.74) is 5.37. The van der Waals surface area contributed by atoms with E-state index in [-0.39, 0.29) is 38.6 Å². The van der Waals surface area contributed by atoms with E-state index in [0.29, 0.717) is 6.42 Å². The Bertz CT molecular complexity index is 1310. The zero-order chi connectivity index (χ0) is 48.1. The van der Waals surface area contributed by atoms with Crippen molar-refractivity contribution in [3.63, 3.8) is 0 Å². The van der Waals surface area contributed by atoms with Crippen LogP contribution in [0.4, 0.5) is 0 Å². The second-order valence-corrected chi connectivity index (χ2v) is 19.2. The fraction of sp³-hybridized carbons (Fsp3) is 0.750. The highest BCUT2D eigenvalue weighted by Crippen LogP contribution is 2.43. The number of rotatable bonds is 50. The molecule has 2 unspecified atom stereocenters. The predicted octanol–water partition coefficient (Wildman–Crippen LogP) is 16.6. The van der Waals surface area contributed by atoms with Gasteiger partial charge in [-0.05, 0) is 83.5 Å². The van der Waals surface area contributed by atoms with Crippen LogP contribution >= 0.6 is 7.82 Å². The van der Waals surface area contributed by atoms with Crippen molar-refractivity contribution in [2.75, 3.05) is 26.4 Å². The number of hydrogen-bond donors (Lipinski definition) is 2. The van der Waals surface area contributed by atoms with Crippen LogP contribution in [0.3, 0.4) is 0 Å². The highest BCUT2D eigenvalue weighted by molar-refractivity contribution is 7.47. The molecule has 0 bridgehead atoms. The molecule has 9 nitrogen and oxygen atoms in total. The lowest BCUT2D eigenvalue weighted by molar-refractivity contribution is -0.161. The topological polar surface area (TPSA) is 134 Å². The SMILES string of the molecule is CC/C=C\C/C=C\C/C=C\C/C=C\C/C=C\CCCCCCCCCCCCCC(=O)OC(COC(=O)CCCCCCCCC/C=C\CCCCCCCCC)COP(=O)(O)OCCN. The Labute approximate surface area is 405 Å². The van der Waals surface area contributed by atoms with Crippen molar-refractivity contribution in [2.45, 2.75) is 245 Å². The third kappa shape index (κ3) is 50.9. The van der Waals surface area contributed by atoms with E-state index in [2.05, 4.69) is 86.8 Å². The second-order valence-electron chi connectivity index (χ2n) is 17.7. The molecule has 66 heavy (non-hydrogen) atoms. The highest BCUT2D eigenvalue weighted by atomic mass is 31.2. The Balaban J connectivity index is 4.03. The Kier molecular flexibility index (Phi) is 49.8. The van der Waals surface area contributed by atoms with E-state index >= 15 is 0 Å². The minimum atomic E-state index is -4.39. The Morgan fingerprint density at radius 2 is 0.833 bits per heavy atom. The Morgan fingerprint density at radius 3 is 1.26 bits per heavy atom. The summed E-state index contributed by atoms with van der Waals surface area (Å²) in [6.07, 6.45) is 65.1. The van der Waals surface area contributed by atoms with Crippen LogP contribution in [-0.4, -0.2) is 49.3 Å². The lowest BCUT2D eigenvalue weighted by Gasteiger charge is -2.19. The highest BCUT2D eigenvalue weighted by Gasteiger charge is 2.26. The van der Waals surface area contributed by atoms with E-state index in [1.807, 2.05) is 0 Å². The summed E-state index contributed by atoms with van der Waals surface area (Å²) in [6, 6.07) is 0. The summed E-state index contributed by atoms with van der Waals surface area (Å²) in [7, 11) is -4.39. The molecular weight excluding hydrogens is 846 g/mol. The number of allylic oxidation sites excluding steroid dienone is 12. The van der Waals surface area contributed by atoms with Crippen molar-refractivity contribution >= 4 is 19.8 Å². The van der Waals surface area contributed by atoms with Crippen molar-refractivity contribution in [3.8, 4) is 0 Å². The van der Waals surface area contributed by atoms with Gasteiger partial charge in [-0.1, -0.05) is 215 Å². The summed E-state index contributed by atoms with van der Waals surface area (Å²) in [5.74, 6) is -0.834. The average Bonchev–Trinajstić information content (AvgIpc) is 3.31. The van der Waals surface area contributed by atoms with Crippen LogP contribution in [0.2, 0.25) is 0 Å². The van der Waals surface area contributed by atoms with Crippen molar-refractivity contribution < 1.29 is 37.6 Å². The molecule has 0 aromatic carbocycles. The van der Waals surface area contributed by atoms with E-state index < -0.39 is 26.5 Å². The maximum atomic E-state index is 12.7. The molecule has 10 heteroatoms. The molecule has 0 aromatic rings. The zero-order valence-electron chi connectivity index (χ0n) is 42.4. The summed E-state index contributed by atoms with van der Waals surface area (Å²) in [5, 5.41) is 0. The standard InChI is InChI=1S/C56H100NO8P/c1-3-5-7-9-11-13-15-17-19-21-23-24-25-26-27-28-29-30-31-33-35-37-39-41-43-45-47-49-56(59)65-54(53-64-66(60,61)63-51-50-57)52-62-55(58)48-46-44-42-40-38-36-34-32-22-20-18-16-14-12-10-8-6-4-2/h5,7,11,13,17,19-20,22-24,26-27,54H,3-4,6,8-10,12,14-16,18,21,25,28-53,57H2,1-2H3,(H,60,61)/b7-5-,13-11-,19-17-,22-20-,24-23-,27-26-. The number of hydrogen-bond acceptors (Lipinski definition) is 8. The fourth-order valence-electron chi connectivity index (χ4n) is 7.36. The maximum Gasteiger partial charge on any atom is 0.472 e. The summed E-state index contributed by atoms with van der Waals surface area (Å²) in [4.78, 5) is 35.1. The van der Waals surface area contributed by atoms with Crippen LogP contribution in [0.25, 0.3) is 0 Å². The summed E-state index contributed by atoms with van der Waals surface area (Å²) in [6.45, 7) is 3.63. The van der Waals surface area contributed by atoms with Gasteiger partial charge in [0.05, 0.1) is 13.2 Å². The molecule has 0 aliphatic heterocycles. The van der Waals surface area contributed by atoms with Gasteiger partial charge in [0.15, 0.2) is 6.10 Å². The number of esters is 2. The molecule has 0 radical (unpaired) electrons. The molecule has 0 aliphatic rings. The molecule has 0 aromatic heterocycles. The third-order valence-corrected chi connectivity index (χ3v) is 12.3. The smallest absolute Gasteiger partial charge is 0.462 e. The van der Waals surface area contributed by atoms with Crippen molar-refractivity contribution in [3.05, 3.63) is 72.9 Å². The van der Waals surface area contributed by atoms with Crippen LogP contribution in [0, 0.1) is 0 Å². The predicted molar refractivity (Wildman–Crippen MR) is 279 cm³/mol. The molecule has 0 rings (SSSR count). The van der Waals surface area contributed by atoms with E-state index in [9.17, 15) is 19.0 Å². The molecule has 0 saturated carbocycles. The van der Waals surface area contributed by atoms with Gasteiger partial charge in [0.25, 0.3) is 0 Å². The molecular formula is C56H100NO8P. The Morgan fingerprint density at radius 1 is 0.470 bits per heavy atom. The molecule has 3 N–H and O–H groups in total. The number of phosphoric acid groups is 1. The summed E-state index contributed by atoms with van der Waals surface area (Å²) < 4.78 is 33.0. The molecule has 382 valence electrons. The maximum absolute atomic E-state index is 12.7. The first-order valence-corrected chi connectivity index (χ1v) is 28.4. The van der Waals surface area contributed by atoms with Gasteiger partial charge in [-0.2, -0.15) is 0 Å². The molecule has 0 aliphatic carbocycles.